The zero-order valence-corrected chi connectivity index (χ0v) is 19.2. The molecule has 1 aromatic carbocycles. The number of piperidine rings is 1. The molecule has 1 aromatic rings. The van der Waals surface area contributed by atoms with Crippen molar-refractivity contribution in [3.8, 4) is 0 Å². The normalized spacial score (nSPS) is 23.4. The quantitative estimate of drug-likeness (QED) is 0.519. The van der Waals surface area contributed by atoms with E-state index in [9.17, 15) is 14.4 Å². The molecule has 0 aromatic heterocycles. The lowest BCUT2D eigenvalue weighted by atomic mass is 9.89. The molecule has 3 fully saturated rings. The summed E-state index contributed by atoms with van der Waals surface area (Å²) in [4.78, 5) is 42.3. The van der Waals surface area contributed by atoms with Crippen molar-refractivity contribution in [1.29, 1.82) is 0 Å². The lowest BCUT2D eigenvalue weighted by Crippen LogP contribution is -2.51. The van der Waals surface area contributed by atoms with E-state index in [1.165, 1.54) is 38.6 Å². The Morgan fingerprint density at radius 1 is 1.06 bits per heavy atom. The smallest absolute Gasteiger partial charge is 0.243 e. The molecule has 1 saturated carbocycles. The number of carbonyl (C=O) groups excluding carboxylic acids is 3. The summed E-state index contributed by atoms with van der Waals surface area (Å²) in [5.74, 6) is 0.410. The number of rotatable bonds is 7. The Hall–Kier alpha value is -2.25. The minimum Gasteiger partial charge on any atom is -0.369 e. The van der Waals surface area contributed by atoms with Crippen molar-refractivity contribution in [2.45, 2.75) is 57.5 Å². The van der Waals surface area contributed by atoms with Crippen LogP contribution < -0.4 is 10.2 Å². The average molecular weight is 441 g/mol. The topological polar surface area (TPSA) is 73.0 Å². The lowest BCUT2D eigenvalue weighted by Gasteiger charge is -2.38. The third-order valence-corrected chi connectivity index (χ3v) is 7.40. The van der Waals surface area contributed by atoms with Gasteiger partial charge in [-0.15, -0.1) is 0 Å². The first-order valence-corrected chi connectivity index (χ1v) is 12.1. The van der Waals surface area contributed by atoms with E-state index in [4.69, 9.17) is 0 Å². The zero-order valence-electron chi connectivity index (χ0n) is 19.2. The molecule has 1 N–H and O–H groups in total. The Kier molecular flexibility index (Phi) is 7.58. The Morgan fingerprint density at radius 3 is 2.50 bits per heavy atom. The molecule has 4 rings (SSSR count). The van der Waals surface area contributed by atoms with Crippen molar-refractivity contribution in [3.63, 3.8) is 0 Å². The first-order valence-electron chi connectivity index (χ1n) is 12.1. The van der Waals surface area contributed by atoms with Crippen molar-refractivity contribution in [2.24, 2.45) is 5.92 Å². The molecule has 2 aliphatic heterocycles. The summed E-state index contributed by atoms with van der Waals surface area (Å²) < 4.78 is 0. The third kappa shape index (κ3) is 5.56. The minimum atomic E-state index is -0.343. The maximum atomic E-state index is 12.1. The highest BCUT2D eigenvalue weighted by atomic mass is 16.2. The highest BCUT2D eigenvalue weighted by Gasteiger charge is 2.30. The van der Waals surface area contributed by atoms with Crippen LogP contribution in [0.15, 0.2) is 18.2 Å². The van der Waals surface area contributed by atoms with Gasteiger partial charge < -0.3 is 4.90 Å². The summed E-state index contributed by atoms with van der Waals surface area (Å²) in [5, 5.41) is 2.41. The number of amides is 2. The predicted octanol–water partition coefficient (Wildman–Crippen LogP) is 2.44. The molecule has 1 unspecified atom stereocenters. The van der Waals surface area contributed by atoms with Crippen LogP contribution in [-0.4, -0.2) is 73.7 Å². The van der Waals surface area contributed by atoms with Gasteiger partial charge in [0, 0.05) is 56.9 Å². The van der Waals surface area contributed by atoms with Gasteiger partial charge in [0.25, 0.3) is 0 Å². The molecule has 1 atom stereocenters. The van der Waals surface area contributed by atoms with E-state index < -0.39 is 0 Å². The summed E-state index contributed by atoms with van der Waals surface area (Å²) in [6.45, 7) is 5.86. The molecule has 3 aliphatic rings. The molecule has 2 saturated heterocycles. The van der Waals surface area contributed by atoms with E-state index in [-0.39, 0.29) is 17.9 Å². The zero-order chi connectivity index (χ0) is 22.5. The van der Waals surface area contributed by atoms with E-state index in [1.54, 1.807) is 0 Å². The van der Waals surface area contributed by atoms with Gasteiger partial charge in [-0.25, -0.2) is 0 Å². The Morgan fingerprint density at radius 2 is 1.81 bits per heavy atom. The van der Waals surface area contributed by atoms with E-state index >= 15 is 0 Å². The van der Waals surface area contributed by atoms with Gasteiger partial charge in [-0.3, -0.25) is 29.5 Å². The van der Waals surface area contributed by atoms with E-state index in [1.807, 2.05) is 24.1 Å². The number of piperazine rings is 1. The molecule has 2 amide bonds. The maximum Gasteiger partial charge on any atom is 0.243 e. The Labute approximate surface area is 191 Å². The van der Waals surface area contributed by atoms with Crippen LogP contribution in [0.5, 0.6) is 0 Å². The van der Waals surface area contributed by atoms with Crippen LogP contribution in [-0.2, 0) is 16.1 Å². The van der Waals surface area contributed by atoms with Crippen molar-refractivity contribution < 1.29 is 14.4 Å². The van der Waals surface area contributed by atoms with Gasteiger partial charge in [-0.2, -0.15) is 0 Å². The SMILES string of the molecule is CN(Cc1ccc(N2CCN(CC3CCCCC3)CC2)cc1C=O)C1CCC(=O)NC1=O. The average Bonchev–Trinajstić information content (AvgIpc) is 2.80. The summed E-state index contributed by atoms with van der Waals surface area (Å²) in [6, 6.07) is 5.74. The molecule has 2 heterocycles. The molecule has 0 spiro atoms. The van der Waals surface area contributed by atoms with Crippen LogP contribution in [0.1, 0.15) is 60.9 Å². The molecule has 32 heavy (non-hydrogen) atoms. The van der Waals surface area contributed by atoms with Crippen molar-refractivity contribution >= 4 is 23.8 Å². The highest BCUT2D eigenvalue weighted by molar-refractivity contribution is 6.00. The number of aldehydes is 1. The standard InChI is InChI=1S/C25H36N4O3/c1-27(23-9-10-24(31)26-25(23)32)17-20-7-8-22(15-21(20)18-30)29-13-11-28(12-14-29)16-19-5-3-2-4-6-19/h7-8,15,18-19,23H,2-6,9-14,16-17H2,1H3,(H,26,31,32). The van der Waals surface area contributed by atoms with Gasteiger partial charge in [-0.1, -0.05) is 25.3 Å². The van der Waals surface area contributed by atoms with Crippen LogP contribution in [0.2, 0.25) is 0 Å². The largest absolute Gasteiger partial charge is 0.369 e. The van der Waals surface area contributed by atoms with Crippen LogP contribution >= 0.6 is 0 Å². The minimum absolute atomic E-state index is 0.212. The van der Waals surface area contributed by atoms with E-state index in [2.05, 4.69) is 21.2 Å². The van der Waals surface area contributed by atoms with Crippen molar-refractivity contribution in [1.82, 2.24) is 15.1 Å². The number of nitrogens with one attached hydrogen (secondary N) is 1. The van der Waals surface area contributed by atoms with Gasteiger partial charge in [-0.05, 0) is 49.9 Å². The molecular weight excluding hydrogens is 404 g/mol. The molecule has 174 valence electrons. The fraction of sp³-hybridized carbons (Fsp3) is 0.640. The Balaban J connectivity index is 1.33. The second kappa shape index (κ2) is 10.6. The fourth-order valence-corrected chi connectivity index (χ4v) is 5.44. The monoisotopic (exact) mass is 440 g/mol. The summed E-state index contributed by atoms with van der Waals surface area (Å²) in [7, 11) is 1.87. The predicted molar refractivity (Wildman–Crippen MR) is 125 cm³/mol. The summed E-state index contributed by atoms with van der Waals surface area (Å²) >= 11 is 0. The van der Waals surface area contributed by atoms with Crippen LogP contribution in [0.4, 0.5) is 5.69 Å². The molecule has 7 heteroatoms. The summed E-state index contributed by atoms with van der Waals surface area (Å²) in [5.41, 5.74) is 2.68. The van der Waals surface area contributed by atoms with Gasteiger partial charge in [0.1, 0.15) is 6.29 Å². The number of hydrogen-bond acceptors (Lipinski definition) is 6. The van der Waals surface area contributed by atoms with Gasteiger partial charge in [0.15, 0.2) is 0 Å². The third-order valence-electron chi connectivity index (χ3n) is 7.40. The number of anilines is 1. The molecule has 7 nitrogen and oxygen atoms in total. The number of imide groups is 1. The second-order valence-electron chi connectivity index (χ2n) is 9.67. The number of benzene rings is 1. The lowest BCUT2D eigenvalue weighted by molar-refractivity contribution is -0.137. The highest BCUT2D eigenvalue weighted by Crippen LogP contribution is 2.26. The maximum absolute atomic E-state index is 12.1. The fourth-order valence-electron chi connectivity index (χ4n) is 5.44. The molecule has 1 aliphatic carbocycles. The number of hydrogen-bond donors (Lipinski definition) is 1. The first kappa shape index (κ1) is 22.9. The summed E-state index contributed by atoms with van der Waals surface area (Å²) in [6.07, 6.45) is 8.75. The van der Waals surface area contributed by atoms with Gasteiger partial charge in [0.2, 0.25) is 11.8 Å². The van der Waals surface area contributed by atoms with E-state index in [0.29, 0.717) is 24.9 Å². The second-order valence-corrected chi connectivity index (χ2v) is 9.67. The number of nitrogens with zero attached hydrogens (tertiary/aromatic N) is 3. The Bertz CT molecular complexity index is 828. The molecule has 0 bridgehead atoms. The van der Waals surface area contributed by atoms with Crippen molar-refractivity contribution in [3.05, 3.63) is 29.3 Å². The molecular formula is C25H36N4O3. The number of carbonyl (C=O) groups is 3. The molecule has 0 radical (unpaired) electrons. The van der Waals surface area contributed by atoms with Crippen LogP contribution in [0.3, 0.4) is 0 Å². The van der Waals surface area contributed by atoms with Gasteiger partial charge >= 0.3 is 0 Å². The van der Waals surface area contributed by atoms with Crippen LogP contribution in [0.25, 0.3) is 0 Å². The van der Waals surface area contributed by atoms with E-state index in [0.717, 1.165) is 49.6 Å². The number of likely N-dealkylation sites (N-methyl/N-ethyl adjacent to an activating group) is 1. The van der Waals surface area contributed by atoms with Crippen LogP contribution in [0, 0.1) is 5.92 Å². The van der Waals surface area contributed by atoms with Gasteiger partial charge in [0.05, 0.1) is 6.04 Å². The van der Waals surface area contributed by atoms with Crippen molar-refractivity contribution in [2.75, 3.05) is 44.7 Å². The first-order chi connectivity index (χ1) is 15.5.